The van der Waals surface area contributed by atoms with Crippen LogP contribution >= 0.6 is 11.5 Å². The molecular weight excluding hydrogens is 172 g/mol. The number of aromatic amines is 1. The lowest BCUT2D eigenvalue weighted by Crippen LogP contribution is -1.96. The predicted octanol–water partition coefficient (Wildman–Crippen LogP) is 1.55. The Bertz CT molecular complexity index is 457. The Hall–Kier alpha value is -1.16. The zero-order valence-corrected chi connectivity index (χ0v) is 7.44. The van der Waals surface area contributed by atoms with Gasteiger partial charge in [0.15, 0.2) is 0 Å². The number of nitrogens with one attached hydrogen (secondary N) is 1. The summed E-state index contributed by atoms with van der Waals surface area (Å²) in [6.07, 6.45) is 0.905. The molecule has 0 spiro atoms. The molecule has 0 bridgehead atoms. The SMILES string of the molecule is CCc1ccc2c(=O)[nH]sc2n1. The Labute approximate surface area is 73.2 Å². The molecule has 1 N–H and O–H groups in total. The van der Waals surface area contributed by atoms with Crippen molar-refractivity contribution in [2.75, 3.05) is 0 Å². The van der Waals surface area contributed by atoms with Gasteiger partial charge in [-0.15, -0.1) is 0 Å². The van der Waals surface area contributed by atoms with Crippen LogP contribution in [0.4, 0.5) is 0 Å². The average Bonchev–Trinajstić information content (AvgIpc) is 2.47. The molecule has 0 aliphatic carbocycles. The molecule has 0 aliphatic heterocycles. The van der Waals surface area contributed by atoms with E-state index < -0.39 is 0 Å². The van der Waals surface area contributed by atoms with E-state index in [1.807, 2.05) is 19.1 Å². The van der Waals surface area contributed by atoms with Gasteiger partial charge in [0.05, 0.1) is 5.39 Å². The molecule has 0 atom stereocenters. The number of pyridine rings is 1. The van der Waals surface area contributed by atoms with E-state index in [0.717, 1.165) is 16.9 Å². The Morgan fingerprint density at radius 3 is 3.17 bits per heavy atom. The maximum absolute atomic E-state index is 11.1. The molecule has 0 aliphatic rings. The number of rotatable bonds is 1. The molecule has 0 unspecified atom stereocenters. The van der Waals surface area contributed by atoms with Crippen molar-refractivity contribution in [1.82, 2.24) is 9.36 Å². The normalized spacial score (nSPS) is 10.8. The highest BCUT2D eigenvalue weighted by atomic mass is 32.1. The topological polar surface area (TPSA) is 45.8 Å². The second-order valence-electron chi connectivity index (χ2n) is 2.54. The number of hydrogen-bond acceptors (Lipinski definition) is 3. The molecule has 0 saturated heterocycles. The van der Waals surface area contributed by atoms with Gasteiger partial charge >= 0.3 is 0 Å². The van der Waals surface area contributed by atoms with Gasteiger partial charge in [0.2, 0.25) is 0 Å². The summed E-state index contributed by atoms with van der Waals surface area (Å²) < 4.78 is 2.65. The third-order valence-electron chi connectivity index (χ3n) is 1.77. The van der Waals surface area contributed by atoms with Crippen LogP contribution < -0.4 is 5.56 Å². The average molecular weight is 180 g/mol. The largest absolute Gasteiger partial charge is 0.275 e. The third kappa shape index (κ3) is 1.04. The lowest BCUT2D eigenvalue weighted by molar-refractivity contribution is 1.06. The minimum atomic E-state index is -0.0369. The zero-order chi connectivity index (χ0) is 8.55. The van der Waals surface area contributed by atoms with Crippen molar-refractivity contribution in [3.8, 4) is 0 Å². The van der Waals surface area contributed by atoms with Gasteiger partial charge in [-0.05, 0) is 30.1 Å². The quantitative estimate of drug-likeness (QED) is 0.723. The van der Waals surface area contributed by atoms with E-state index in [9.17, 15) is 4.79 Å². The summed E-state index contributed by atoms with van der Waals surface area (Å²) in [7, 11) is 0. The molecule has 4 heteroatoms. The van der Waals surface area contributed by atoms with E-state index in [1.54, 1.807) is 0 Å². The Kier molecular flexibility index (Phi) is 1.69. The summed E-state index contributed by atoms with van der Waals surface area (Å²) in [4.78, 5) is 16.2. The van der Waals surface area contributed by atoms with Gasteiger partial charge in [-0.2, -0.15) is 0 Å². The van der Waals surface area contributed by atoms with E-state index in [4.69, 9.17) is 0 Å². The van der Waals surface area contributed by atoms with Crippen LogP contribution in [-0.4, -0.2) is 9.36 Å². The summed E-state index contributed by atoms with van der Waals surface area (Å²) in [5, 5.41) is 0.692. The molecule has 3 nitrogen and oxygen atoms in total. The molecule has 62 valence electrons. The van der Waals surface area contributed by atoms with Gasteiger partial charge in [-0.3, -0.25) is 9.17 Å². The molecule has 12 heavy (non-hydrogen) atoms. The smallest absolute Gasteiger partial charge is 0.267 e. The summed E-state index contributed by atoms with van der Waals surface area (Å²) >= 11 is 1.29. The molecule has 2 rings (SSSR count). The summed E-state index contributed by atoms with van der Waals surface area (Å²) in [6, 6.07) is 3.72. The fraction of sp³-hybridized carbons (Fsp3) is 0.250. The second kappa shape index (κ2) is 2.71. The number of aryl methyl sites for hydroxylation is 1. The van der Waals surface area contributed by atoms with Crippen LogP contribution in [0.25, 0.3) is 10.2 Å². The molecule has 0 amide bonds. The van der Waals surface area contributed by atoms with Crippen LogP contribution in [0.3, 0.4) is 0 Å². The van der Waals surface area contributed by atoms with Gasteiger partial charge in [0.1, 0.15) is 4.83 Å². The number of hydrogen-bond donors (Lipinski definition) is 1. The van der Waals surface area contributed by atoms with E-state index in [-0.39, 0.29) is 5.56 Å². The highest BCUT2D eigenvalue weighted by Crippen LogP contribution is 2.11. The number of H-pyrrole nitrogens is 1. The highest BCUT2D eigenvalue weighted by Gasteiger charge is 2.01. The van der Waals surface area contributed by atoms with Crippen molar-refractivity contribution in [3.63, 3.8) is 0 Å². The van der Waals surface area contributed by atoms with Gasteiger partial charge in [-0.25, -0.2) is 4.98 Å². The van der Waals surface area contributed by atoms with Crippen LogP contribution in [0, 0.1) is 0 Å². The zero-order valence-electron chi connectivity index (χ0n) is 6.63. The summed E-state index contributed by atoms with van der Waals surface area (Å²) in [6.45, 7) is 2.05. The van der Waals surface area contributed by atoms with Crippen molar-refractivity contribution in [1.29, 1.82) is 0 Å². The second-order valence-corrected chi connectivity index (χ2v) is 3.34. The standard InChI is InChI=1S/C8H8N2OS/c1-2-5-3-4-6-7(11)10-12-8(6)9-5/h3-4H,2H2,1H3,(H,10,11). The van der Waals surface area contributed by atoms with Crippen molar-refractivity contribution < 1.29 is 0 Å². The van der Waals surface area contributed by atoms with Gasteiger partial charge in [-0.1, -0.05) is 6.92 Å². The van der Waals surface area contributed by atoms with Crippen molar-refractivity contribution in [3.05, 3.63) is 28.2 Å². The number of nitrogens with zero attached hydrogens (tertiary/aromatic N) is 1. The maximum Gasteiger partial charge on any atom is 0.267 e. The van der Waals surface area contributed by atoms with Gasteiger partial charge in [0.25, 0.3) is 5.56 Å². The molecule has 2 aromatic rings. The first-order valence-electron chi connectivity index (χ1n) is 3.78. The van der Waals surface area contributed by atoms with E-state index in [1.165, 1.54) is 11.5 Å². The molecule has 0 fully saturated rings. The summed E-state index contributed by atoms with van der Waals surface area (Å²) in [5.74, 6) is 0. The van der Waals surface area contributed by atoms with Crippen LogP contribution in [0.1, 0.15) is 12.6 Å². The molecule has 0 radical (unpaired) electrons. The third-order valence-corrected chi connectivity index (χ3v) is 2.56. The van der Waals surface area contributed by atoms with Crippen LogP contribution in [0.5, 0.6) is 0 Å². The lowest BCUT2D eigenvalue weighted by atomic mass is 10.3. The van der Waals surface area contributed by atoms with Crippen LogP contribution in [0.15, 0.2) is 16.9 Å². The fourth-order valence-corrected chi connectivity index (χ4v) is 1.81. The fourth-order valence-electron chi connectivity index (χ4n) is 1.08. The van der Waals surface area contributed by atoms with E-state index in [2.05, 4.69) is 9.36 Å². The van der Waals surface area contributed by atoms with Crippen molar-refractivity contribution >= 4 is 21.7 Å². The molecular formula is C8H8N2OS. The number of aromatic nitrogens is 2. The van der Waals surface area contributed by atoms with E-state index in [0.29, 0.717) is 5.39 Å². The first kappa shape index (κ1) is 7.49. The Balaban J connectivity index is 2.77. The minimum Gasteiger partial charge on any atom is -0.275 e. The highest BCUT2D eigenvalue weighted by molar-refractivity contribution is 7.12. The Morgan fingerprint density at radius 1 is 1.58 bits per heavy atom. The molecule has 0 aromatic carbocycles. The molecule has 2 aromatic heterocycles. The van der Waals surface area contributed by atoms with Gasteiger partial charge < -0.3 is 0 Å². The maximum atomic E-state index is 11.1. The monoisotopic (exact) mass is 180 g/mol. The Morgan fingerprint density at radius 2 is 2.42 bits per heavy atom. The van der Waals surface area contributed by atoms with Crippen LogP contribution in [0.2, 0.25) is 0 Å². The lowest BCUT2D eigenvalue weighted by Gasteiger charge is -1.92. The molecule has 0 saturated carbocycles. The first-order chi connectivity index (χ1) is 5.81. The number of fused-ring (bicyclic) bond motifs is 1. The van der Waals surface area contributed by atoms with Crippen LogP contribution in [-0.2, 0) is 6.42 Å². The summed E-state index contributed by atoms with van der Waals surface area (Å²) in [5.41, 5.74) is 0.989. The predicted molar refractivity (Wildman–Crippen MR) is 49.6 cm³/mol. The minimum absolute atomic E-state index is 0.0369. The van der Waals surface area contributed by atoms with Gasteiger partial charge in [0, 0.05) is 5.69 Å². The molecule has 2 heterocycles. The van der Waals surface area contributed by atoms with Crippen molar-refractivity contribution in [2.45, 2.75) is 13.3 Å². The van der Waals surface area contributed by atoms with Crippen molar-refractivity contribution in [2.24, 2.45) is 0 Å². The first-order valence-corrected chi connectivity index (χ1v) is 4.60. The van der Waals surface area contributed by atoms with E-state index >= 15 is 0 Å².